The van der Waals surface area contributed by atoms with Gasteiger partial charge in [0.1, 0.15) is 30.2 Å². The van der Waals surface area contributed by atoms with Crippen molar-refractivity contribution in [1.82, 2.24) is 24.4 Å². The number of nitrogens with two attached hydrogens (primary N) is 2. The number of fused-ring (bicyclic) bond motifs is 1. The molecule has 0 saturated carbocycles. The number of H-pyrrole nitrogens is 1. The lowest BCUT2D eigenvalue weighted by molar-refractivity contribution is -0.0438. The molecule has 0 aliphatic carbocycles. The molecule has 1 fully saturated rings. The zero-order valence-electron chi connectivity index (χ0n) is 17.1. The van der Waals surface area contributed by atoms with Gasteiger partial charge >= 0.3 is 16.1 Å². The van der Waals surface area contributed by atoms with Crippen LogP contribution in [0.1, 0.15) is 19.1 Å². The van der Waals surface area contributed by atoms with Crippen molar-refractivity contribution in [3.63, 3.8) is 0 Å². The number of unbranched alkanes of at least 4 members (excludes halogenated alkanes) is 1. The molecule has 1 aliphatic heterocycles. The van der Waals surface area contributed by atoms with E-state index in [1.807, 2.05) is 11.9 Å². The number of hydrogen-bond acceptors (Lipinski definition) is 12. The highest BCUT2D eigenvalue weighted by atomic mass is 32.3. The molecule has 9 N–H and O–H groups in total. The van der Waals surface area contributed by atoms with Crippen LogP contribution in [-0.4, -0.2) is 97.2 Å². The van der Waals surface area contributed by atoms with E-state index < -0.39 is 40.6 Å². The van der Waals surface area contributed by atoms with E-state index in [4.69, 9.17) is 33.9 Å². The van der Waals surface area contributed by atoms with Crippen molar-refractivity contribution in [2.24, 2.45) is 5.90 Å². The van der Waals surface area contributed by atoms with E-state index in [9.17, 15) is 15.0 Å². The lowest BCUT2D eigenvalue weighted by Crippen LogP contribution is -2.39. The number of anilines is 1. The van der Waals surface area contributed by atoms with Crippen LogP contribution in [0.5, 0.6) is 0 Å². The maximum absolute atomic E-state index is 12.3. The number of aromatic nitrogens is 4. The third-order valence-electron chi connectivity index (χ3n) is 4.67. The largest absolute Gasteiger partial charge is 0.394 e. The average Bonchev–Trinajstić information content (AvgIpc) is 3.16. The van der Waals surface area contributed by atoms with Crippen LogP contribution in [0.3, 0.4) is 0 Å². The molecule has 182 valence electrons. The van der Waals surface area contributed by atoms with Crippen LogP contribution in [-0.2, 0) is 20.0 Å². The molecule has 2 aromatic heterocycles. The normalized spacial score (nSPS) is 23.5. The van der Waals surface area contributed by atoms with Gasteiger partial charge in [-0.15, -0.1) is 0 Å². The second-order valence-corrected chi connectivity index (χ2v) is 7.99. The van der Waals surface area contributed by atoms with E-state index in [-0.39, 0.29) is 17.0 Å². The van der Waals surface area contributed by atoms with Gasteiger partial charge in [-0.1, -0.05) is 0 Å². The molecule has 0 aromatic carbocycles. The van der Waals surface area contributed by atoms with E-state index in [0.29, 0.717) is 13.2 Å². The highest BCUT2D eigenvalue weighted by molar-refractivity contribution is 7.79. The highest BCUT2D eigenvalue weighted by Crippen LogP contribution is 2.31. The zero-order valence-corrected chi connectivity index (χ0v) is 17.9. The molecule has 17 heteroatoms. The average molecular weight is 481 g/mol. The number of hydrogen-bond donors (Lipinski definition) is 7. The minimum Gasteiger partial charge on any atom is -0.387 e. The SMILES string of the molecule is CN(CCCCON)C[C@H]1O[C@@H](n2c(=O)[nH]c3c(N)ncnc32)C(O)C1O.O=S(=O)(O)O. The van der Waals surface area contributed by atoms with Gasteiger partial charge in [-0.3, -0.25) is 9.11 Å². The summed E-state index contributed by atoms with van der Waals surface area (Å²) in [4.78, 5) is 29.3. The van der Waals surface area contributed by atoms with E-state index in [1.165, 1.54) is 6.33 Å². The number of aliphatic hydroxyl groups is 2. The van der Waals surface area contributed by atoms with Crippen molar-refractivity contribution in [2.75, 3.05) is 32.5 Å². The van der Waals surface area contributed by atoms with E-state index in [1.54, 1.807) is 0 Å². The number of aliphatic hydroxyl groups excluding tert-OH is 2. The van der Waals surface area contributed by atoms with Gasteiger partial charge in [0, 0.05) is 6.54 Å². The second-order valence-electron chi connectivity index (χ2n) is 7.09. The lowest BCUT2D eigenvalue weighted by Gasteiger charge is -2.22. The fourth-order valence-electron chi connectivity index (χ4n) is 3.25. The monoisotopic (exact) mass is 481 g/mol. The van der Waals surface area contributed by atoms with Crippen LogP contribution in [0.25, 0.3) is 11.2 Å². The Labute approximate surface area is 182 Å². The standard InChI is InChI=1S/C15H25N7O5.H2O4S/c1-21(4-2-3-5-26-17)6-8-10(23)11(24)14(27-8)22-13-9(20-15(22)25)12(16)18-7-19-13;1-5(2,3)4/h7-8,10-11,14,23-24H,2-6,17H2,1H3,(H,20,25)(H2,16,18,19);(H2,1,2,3,4)/t8-,10?,11?,14-;/m1./s1. The van der Waals surface area contributed by atoms with Gasteiger partial charge in [-0.05, 0) is 26.4 Å². The van der Waals surface area contributed by atoms with Crippen molar-refractivity contribution in [2.45, 2.75) is 37.4 Å². The van der Waals surface area contributed by atoms with Gasteiger partial charge in [-0.2, -0.15) is 8.42 Å². The number of rotatable bonds is 8. The highest BCUT2D eigenvalue weighted by Gasteiger charge is 2.45. The second kappa shape index (κ2) is 11.1. The number of nitrogens with zero attached hydrogens (tertiary/aromatic N) is 4. The summed E-state index contributed by atoms with van der Waals surface area (Å²) in [6.07, 6.45) is -1.30. The maximum atomic E-state index is 12.3. The lowest BCUT2D eigenvalue weighted by atomic mass is 10.1. The molecule has 3 rings (SSSR count). The van der Waals surface area contributed by atoms with E-state index >= 15 is 0 Å². The predicted octanol–water partition coefficient (Wildman–Crippen LogP) is -2.73. The Morgan fingerprint density at radius 3 is 2.56 bits per heavy atom. The Morgan fingerprint density at radius 2 is 1.94 bits per heavy atom. The molecule has 16 nitrogen and oxygen atoms in total. The molecule has 1 aliphatic rings. The summed E-state index contributed by atoms with van der Waals surface area (Å²) in [5.41, 5.74) is 5.67. The summed E-state index contributed by atoms with van der Waals surface area (Å²) in [7, 11) is -2.79. The summed E-state index contributed by atoms with van der Waals surface area (Å²) >= 11 is 0. The molecule has 0 bridgehead atoms. The van der Waals surface area contributed by atoms with Gasteiger partial charge in [0.15, 0.2) is 17.7 Å². The smallest absolute Gasteiger partial charge is 0.387 e. The molecular weight excluding hydrogens is 454 g/mol. The van der Waals surface area contributed by atoms with Crippen LogP contribution < -0.4 is 17.3 Å². The Bertz CT molecular complexity index is 1040. The first-order valence-electron chi connectivity index (χ1n) is 9.36. The topological polar surface area (TPSA) is 252 Å². The first-order chi connectivity index (χ1) is 14.9. The number of imidazole rings is 1. The summed E-state index contributed by atoms with van der Waals surface area (Å²) < 4.78 is 38.5. The Balaban J connectivity index is 0.000000654. The fraction of sp³-hybridized carbons (Fsp3) is 0.667. The molecule has 3 heterocycles. The number of nitrogen functional groups attached to an aromatic ring is 1. The third-order valence-corrected chi connectivity index (χ3v) is 4.67. The first-order valence-corrected chi connectivity index (χ1v) is 10.8. The van der Waals surface area contributed by atoms with Crippen LogP contribution in [0.4, 0.5) is 5.82 Å². The zero-order chi connectivity index (χ0) is 24.1. The minimum absolute atomic E-state index is 0.113. The number of likely N-dealkylation sites (N-methyl/N-ethyl adjacent to an activating group) is 1. The molecule has 1 saturated heterocycles. The quantitative estimate of drug-likeness (QED) is 0.115. The van der Waals surface area contributed by atoms with Gasteiger partial charge in [0.2, 0.25) is 0 Å². The number of nitrogens with one attached hydrogen (secondary N) is 1. The van der Waals surface area contributed by atoms with Crippen LogP contribution >= 0.6 is 0 Å². The molecule has 0 radical (unpaired) electrons. The molecule has 0 amide bonds. The fourth-order valence-corrected chi connectivity index (χ4v) is 3.25. The first kappa shape index (κ1) is 26.0. The van der Waals surface area contributed by atoms with E-state index in [2.05, 4.69) is 19.8 Å². The van der Waals surface area contributed by atoms with Crippen molar-refractivity contribution in [3.05, 3.63) is 16.8 Å². The summed E-state index contributed by atoms with van der Waals surface area (Å²) in [6, 6.07) is 0. The third kappa shape index (κ3) is 6.89. The summed E-state index contributed by atoms with van der Waals surface area (Å²) in [6.45, 7) is 1.60. The van der Waals surface area contributed by atoms with Crippen molar-refractivity contribution >= 4 is 27.4 Å². The summed E-state index contributed by atoms with van der Waals surface area (Å²) in [5, 5.41) is 20.8. The molecule has 2 unspecified atom stereocenters. The van der Waals surface area contributed by atoms with Gasteiger partial charge in [-0.25, -0.2) is 25.2 Å². The van der Waals surface area contributed by atoms with Crippen molar-refractivity contribution in [1.29, 1.82) is 0 Å². The summed E-state index contributed by atoms with van der Waals surface area (Å²) in [5.74, 6) is 5.10. The molecule has 4 atom stereocenters. The molecule has 0 spiro atoms. The Morgan fingerprint density at radius 1 is 1.28 bits per heavy atom. The van der Waals surface area contributed by atoms with E-state index in [0.717, 1.165) is 24.0 Å². The number of ether oxygens (including phenoxy) is 1. The Hall–Kier alpha value is -2.22. The minimum atomic E-state index is -4.67. The van der Waals surface area contributed by atoms with Crippen LogP contribution in [0.2, 0.25) is 0 Å². The van der Waals surface area contributed by atoms with Gasteiger partial charge in [0.25, 0.3) is 0 Å². The van der Waals surface area contributed by atoms with Crippen molar-refractivity contribution in [3.8, 4) is 0 Å². The maximum Gasteiger partial charge on any atom is 0.394 e. The number of aromatic amines is 1. The molecule has 32 heavy (non-hydrogen) atoms. The van der Waals surface area contributed by atoms with Crippen LogP contribution in [0.15, 0.2) is 11.1 Å². The van der Waals surface area contributed by atoms with Gasteiger partial charge in [0.05, 0.1) is 6.61 Å². The predicted molar refractivity (Wildman–Crippen MR) is 110 cm³/mol. The van der Waals surface area contributed by atoms with Crippen molar-refractivity contribution < 1.29 is 37.3 Å². The van der Waals surface area contributed by atoms with Gasteiger partial charge < -0.3 is 35.4 Å². The Kier molecular flexibility index (Phi) is 9.01. The molecular formula is C15H27N7O9S. The molecule has 2 aromatic rings. The van der Waals surface area contributed by atoms with Crippen LogP contribution in [0, 0.1) is 0 Å².